The number of carbonyl (C=O) groups excluding carboxylic acids is 1. The molecule has 2 aromatic rings. The lowest BCUT2D eigenvalue weighted by molar-refractivity contribution is -0.145. The number of carbonyl (C=O) groups is 1. The van der Waals surface area contributed by atoms with Gasteiger partial charge in [-0.2, -0.15) is 5.26 Å². The maximum Gasteiger partial charge on any atom is 0.265 e. The zero-order valence-corrected chi connectivity index (χ0v) is 23.6. The number of nitriles is 1. The smallest absolute Gasteiger partial charge is 0.265 e. The number of methoxy groups -OCH3 is 1. The Kier molecular flexibility index (Phi) is 8.94. The number of benzene rings is 2. The minimum Gasteiger partial charge on any atom is -0.368 e. The van der Waals surface area contributed by atoms with Gasteiger partial charge in [0.25, 0.3) is 15.9 Å². The van der Waals surface area contributed by atoms with Crippen LogP contribution in [0.4, 0.5) is 10.1 Å². The second kappa shape index (κ2) is 12.0. The van der Waals surface area contributed by atoms with Gasteiger partial charge in [-0.25, -0.2) is 17.5 Å². The molecule has 0 aromatic heterocycles. The molecule has 2 aromatic carbocycles. The van der Waals surface area contributed by atoms with Gasteiger partial charge in [-0.3, -0.25) is 4.79 Å². The first-order valence-corrected chi connectivity index (χ1v) is 14.9. The van der Waals surface area contributed by atoms with E-state index in [4.69, 9.17) is 4.74 Å². The molecule has 1 saturated carbocycles. The number of nitrogens with zero attached hydrogens (tertiary/aromatic N) is 3. The highest BCUT2D eigenvalue weighted by Gasteiger charge is 2.42. The van der Waals surface area contributed by atoms with Gasteiger partial charge >= 0.3 is 0 Å². The third-order valence-corrected chi connectivity index (χ3v) is 9.35. The van der Waals surface area contributed by atoms with E-state index in [-0.39, 0.29) is 23.2 Å². The highest BCUT2D eigenvalue weighted by atomic mass is 32.2. The Labute approximate surface area is 230 Å². The molecule has 0 unspecified atom stereocenters. The first kappa shape index (κ1) is 29.0. The predicted molar refractivity (Wildman–Crippen MR) is 147 cm³/mol. The zero-order valence-electron chi connectivity index (χ0n) is 22.8. The van der Waals surface area contributed by atoms with Crippen molar-refractivity contribution in [3.8, 4) is 6.07 Å². The molecular weight excluding hydrogens is 519 g/mol. The van der Waals surface area contributed by atoms with Crippen molar-refractivity contribution in [2.75, 3.05) is 39.2 Å². The van der Waals surface area contributed by atoms with Crippen LogP contribution in [0.25, 0.3) is 0 Å². The molecule has 39 heavy (non-hydrogen) atoms. The molecule has 1 aliphatic carbocycles. The quantitative estimate of drug-likeness (QED) is 0.495. The van der Waals surface area contributed by atoms with E-state index in [0.29, 0.717) is 19.4 Å². The highest BCUT2D eigenvalue weighted by molar-refractivity contribution is 7.90. The van der Waals surface area contributed by atoms with Crippen LogP contribution in [0.15, 0.2) is 47.4 Å². The van der Waals surface area contributed by atoms with Crippen LogP contribution in [-0.4, -0.2) is 65.2 Å². The van der Waals surface area contributed by atoms with Gasteiger partial charge in [0.2, 0.25) is 0 Å². The number of rotatable bonds is 9. The van der Waals surface area contributed by atoms with E-state index >= 15 is 4.39 Å². The van der Waals surface area contributed by atoms with E-state index in [1.54, 1.807) is 0 Å². The van der Waals surface area contributed by atoms with Crippen molar-refractivity contribution in [2.45, 2.75) is 67.4 Å². The Hall–Kier alpha value is -3.00. The number of halogens is 1. The summed E-state index contributed by atoms with van der Waals surface area (Å²) in [4.78, 5) is 16.5. The maximum absolute atomic E-state index is 15.8. The Morgan fingerprint density at radius 2 is 1.90 bits per heavy atom. The molecule has 1 heterocycles. The van der Waals surface area contributed by atoms with Crippen molar-refractivity contribution in [3.05, 3.63) is 59.4 Å². The molecule has 0 spiro atoms. The molecule has 2 fully saturated rings. The number of hydrogen-bond donors (Lipinski definition) is 1. The molecule has 1 amide bonds. The molecule has 1 saturated heterocycles. The summed E-state index contributed by atoms with van der Waals surface area (Å²) in [6.07, 6.45) is 4.81. The molecular formula is C29H37FN4O4S. The molecule has 1 aliphatic heterocycles. The molecule has 0 radical (unpaired) electrons. The van der Waals surface area contributed by atoms with Gasteiger partial charge in [-0.15, -0.1) is 0 Å². The van der Waals surface area contributed by atoms with Crippen LogP contribution in [0.3, 0.4) is 0 Å². The number of amides is 1. The number of sulfonamides is 1. The number of anilines is 1. The first-order chi connectivity index (χ1) is 18.6. The van der Waals surface area contributed by atoms with Crippen molar-refractivity contribution in [2.24, 2.45) is 0 Å². The van der Waals surface area contributed by atoms with Gasteiger partial charge in [0.15, 0.2) is 0 Å². The summed E-state index contributed by atoms with van der Waals surface area (Å²) in [5.74, 6) is -1.42. The summed E-state index contributed by atoms with van der Waals surface area (Å²) in [6, 6.07) is 14.0. The lowest BCUT2D eigenvalue weighted by Gasteiger charge is -2.34. The predicted octanol–water partition coefficient (Wildman–Crippen LogP) is 4.17. The van der Waals surface area contributed by atoms with E-state index in [1.165, 1.54) is 7.11 Å². The Bertz CT molecular complexity index is 1320. The van der Waals surface area contributed by atoms with Gasteiger partial charge in [0, 0.05) is 25.6 Å². The lowest BCUT2D eigenvalue weighted by Crippen LogP contribution is -2.51. The molecule has 2 aliphatic rings. The minimum absolute atomic E-state index is 0.0331. The van der Waals surface area contributed by atoms with Crippen LogP contribution in [0.5, 0.6) is 0 Å². The van der Waals surface area contributed by atoms with Crippen LogP contribution in [0.2, 0.25) is 0 Å². The second-order valence-electron chi connectivity index (χ2n) is 10.8. The molecule has 10 heteroatoms. The third kappa shape index (κ3) is 6.26. The molecule has 1 N–H and O–H groups in total. The van der Waals surface area contributed by atoms with E-state index in [2.05, 4.69) is 21.8 Å². The van der Waals surface area contributed by atoms with Crippen molar-refractivity contribution in [3.63, 3.8) is 0 Å². The fourth-order valence-corrected chi connectivity index (χ4v) is 6.94. The average molecular weight is 557 g/mol. The number of hydrogen-bond acceptors (Lipinski definition) is 7. The summed E-state index contributed by atoms with van der Waals surface area (Å²) in [6.45, 7) is 1.29. The monoisotopic (exact) mass is 556 g/mol. The van der Waals surface area contributed by atoms with Crippen molar-refractivity contribution in [1.29, 1.82) is 5.26 Å². The first-order valence-electron chi connectivity index (χ1n) is 13.4. The molecule has 4 rings (SSSR count). The van der Waals surface area contributed by atoms with Crippen LogP contribution >= 0.6 is 0 Å². The zero-order chi connectivity index (χ0) is 28.2. The van der Waals surface area contributed by atoms with Gasteiger partial charge in [-0.1, -0.05) is 49.6 Å². The molecule has 0 bridgehead atoms. The average Bonchev–Trinajstić information content (AvgIpc) is 3.35. The molecule has 210 valence electrons. The standard InChI is InChI=1S/C29H37FN4O4S/c1-33(2)15-12-24-16-23(21-10-6-4-7-11-21)20-34(24)27-22(19-31)17-25(18-26(27)30)39(36,37)32-28(35)29(38-3)13-8-5-9-14-29/h4,6-7,10-11,17-18,23-24H,5,8-9,12-16,20H2,1-3H3,(H,32,35)/t23-,24-/m0/s1. The van der Waals surface area contributed by atoms with Gasteiger partial charge < -0.3 is 14.5 Å². The maximum atomic E-state index is 15.8. The largest absolute Gasteiger partial charge is 0.368 e. The third-order valence-electron chi connectivity index (χ3n) is 8.04. The Morgan fingerprint density at radius 3 is 2.51 bits per heavy atom. The van der Waals surface area contributed by atoms with Crippen LogP contribution in [0.1, 0.15) is 62.0 Å². The van der Waals surface area contributed by atoms with E-state index in [9.17, 15) is 18.5 Å². The number of ether oxygens (including phenoxy) is 1. The van der Waals surface area contributed by atoms with Gasteiger partial charge in [0.05, 0.1) is 16.1 Å². The van der Waals surface area contributed by atoms with Crippen LogP contribution < -0.4 is 9.62 Å². The summed E-state index contributed by atoms with van der Waals surface area (Å²) < 4.78 is 49.7. The van der Waals surface area contributed by atoms with Gasteiger partial charge in [-0.05, 0) is 64.0 Å². The molecule has 2 atom stereocenters. The summed E-state index contributed by atoms with van der Waals surface area (Å²) in [5, 5.41) is 9.99. The summed E-state index contributed by atoms with van der Waals surface area (Å²) in [5.41, 5.74) is -0.0645. The normalized spacial score (nSPS) is 21.1. The van der Waals surface area contributed by atoms with Crippen molar-refractivity contribution in [1.82, 2.24) is 9.62 Å². The SMILES string of the molecule is COC1(C(=O)NS(=O)(=O)c2cc(F)c(N3C[C@@H](c4ccccc4)C[C@@H]3CCN(C)C)c(C#N)c2)CCCCC1. The fourth-order valence-electron chi connectivity index (χ4n) is 5.87. The van der Waals surface area contributed by atoms with Crippen LogP contribution in [0, 0.1) is 17.1 Å². The van der Waals surface area contributed by atoms with Crippen LogP contribution in [-0.2, 0) is 19.6 Å². The highest BCUT2D eigenvalue weighted by Crippen LogP contribution is 2.40. The molecule has 8 nitrogen and oxygen atoms in total. The lowest BCUT2D eigenvalue weighted by atomic mass is 9.84. The van der Waals surface area contributed by atoms with Gasteiger partial charge in [0.1, 0.15) is 17.5 Å². The Morgan fingerprint density at radius 1 is 1.21 bits per heavy atom. The summed E-state index contributed by atoms with van der Waals surface area (Å²) in [7, 11) is 0.910. The topological polar surface area (TPSA) is 103 Å². The summed E-state index contributed by atoms with van der Waals surface area (Å²) >= 11 is 0. The fraction of sp³-hybridized carbons (Fsp3) is 0.517. The van der Waals surface area contributed by atoms with E-state index in [0.717, 1.165) is 56.3 Å². The van der Waals surface area contributed by atoms with Crippen molar-refractivity contribution >= 4 is 21.6 Å². The second-order valence-corrected chi connectivity index (χ2v) is 12.5. The van der Waals surface area contributed by atoms with Crippen molar-refractivity contribution < 1.29 is 22.3 Å². The van der Waals surface area contributed by atoms with E-state index < -0.39 is 32.2 Å². The Balaban J connectivity index is 1.65. The minimum atomic E-state index is -4.44. The van der Waals surface area contributed by atoms with E-state index in [1.807, 2.05) is 43.3 Å². The number of nitrogens with one attached hydrogen (secondary N) is 1.